The summed E-state index contributed by atoms with van der Waals surface area (Å²) < 4.78 is 5.29. The number of rotatable bonds is 8. The first kappa shape index (κ1) is 16.9. The van der Waals surface area contributed by atoms with E-state index in [4.69, 9.17) is 10.5 Å². The number of nitrogen functional groups attached to an aromatic ring is 1. The fourth-order valence-electron chi connectivity index (χ4n) is 2.00. The first-order valence-electron chi connectivity index (χ1n) is 7.20. The predicted octanol–water partition coefficient (Wildman–Crippen LogP) is 3.69. The first-order valence-corrected chi connectivity index (χ1v) is 7.20. The van der Waals surface area contributed by atoms with Crippen LogP contribution in [0.1, 0.15) is 56.3 Å². The minimum absolute atomic E-state index is 0.0316. The number of nitrogens with two attached hydrogens (primary N) is 1. The van der Waals surface area contributed by atoms with Crippen LogP contribution in [0.15, 0.2) is 18.2 Å². The average molecular weight is 294 g/mol. The summed E-state index contributed by atoms with van der Waals surface area (Å²) in [6, 6.07) is 3.94. The fraction of sp³-hybridized carbons (Fsp3) is 0.533. The van der Waals surface area contributed by atoms with E-state index in [0.29, 0.717) is 0 Å². The molecule has 0 aliphatic rings. The molecule has 6 heteroatoms. The highest BCUT2D eigenvalue weighted by molar-refractivity contribution is 5.91. The first-order chi connectivity index (χ1) is 9.95. The maximum atomic E-state index is 11.9. The van der Waals surface area contributed by atoms with Crippen molar-refractivity contribution in [2.45, 2.75) is 52.1 Å². The molecule has 0 radical (unpaired) electrons. The number of esters is 1. The summed E-state index contributed by atoms with van der Waals surface area (Å²) in [6.45, 7) is 3.97. The van der Waals surface area contributed by atoms with E-state index in [-0.39, 0.29) is 23.0 Å². The third-order valence-corrected chi connectivity index (χ3v) is 3.24. The van der Waals surface area contributed by atoms with Gasteiger partial charge in [-0.2, -0.15) is 0 Å². The largest absolute Gasteiger partial charge is 0.459 e. The van der Waals surface area contributed by atoms with Crippen molar-refractivity contribution in [3.8, 4) is 0 Å². The highest BCUT2D eigenvalue weighted by atomic mass is 16.6. The van der Waals surface area contributed by atoms with Crippen LogP contribution in [-0.2, 0) is 4.74 Å². The number of carbonyl (C=O) groups excluding carboxylic acids is 1. The van der Waals surface area contributed by atoms with Gasteiger partial charge in [-0.15, -0.1) is 0 Å². The van der Waals surface area contributed by atoms with Crippen LogP contribution in [0.4, 0.5) is 11.4 Å². The minimum atomic E-state index is -0.611. The third-order valence-electron chi connectivity index (χ3n) is 3.24. The van der Waals surface area contributed by atoms with E-state index in [2.05, 4.69) is 6.92 Å². The topological polar surface area (TPSA) is 95.5 Å². The second-order valence-corrected chi connectivity index (χ2v) is 5.10. The third kappa shape index (κ3) is 5.41. The van der Waals surface area contributed by atoms with Crippen molar-refractivity contribution in [1.29, 1.82) is 0 Å². The van der Waals surface area contributed by atoms with Gasteiger partial charge in [-0.25, -0.2) is 4.79 Å². The van der Waals surface area contributed by atoms with Gasteiger partial charge >= 0.3 is 5.97 Å². The van der Waals surface area contributed by atoms with Gasteiger partial charge in [0.25, 0.3) is 5.69 Å². The fourth-order valence-corrected chi connectivity index (χ4v) is 2.00. The summed E-state index contributed by atoms with van der Waals surface area (Å²) >= 11 is 0. The molecule has 21 heavy (non-hydrogen) atoms. The van der Waals surface area contributed by atoms with E-state index in [0.717, 1.165) is 31.7 Å². The van der Waals surface area contributed by atoms with Crippen LogP contribution >= 0.6 is 0 Å². The number of anilines is 1. The molecule has 1 aromatic rings. The number of carbonyl (C=O) groups is 1. The van der Waals surface area contributed by atoms with Crippen molar-refractivity contribution < 1.29 is 14.5 Å². The summed E-state index contributed by atoms with van der Waals surface area (Å²) in [5, 5.41) is 10.8. The highest BCUT2D eigenvalue weighted by Gasteiger charge is 2.18. The molecule has 2 N–H and O–H groups in total. The summed E-state index contributed by atoms with van der Waals surface area (Å²) in [5.74, 6) is -0.555. The number of ether oxygens (including phenoxy) is 1. The number of nitro groups is 1. The van der Waals surface area contributed by atoms with Crippen LogP contribution in [-0.4, -0.2) is 17.0 Å². The van der Waals surface area contributed by atoms with Gasteiger partial charge in [0.15, 0.2) is 0 Å². The lowest BCUT2D eigenvalue weighted by molar-refractivity contribution is -0.383. The lowest BCUT2D eigenvalue weighted by Crippen LogP contribution is -2.15. The summed E-state index contributed by atoms with van der Waals surface area (Å²) in [6.07, 6.45) is 5.04. The standard InChI is InChI=1S/C15H22N2O4/c1-3-4-5-6-7-11(2)21-15(18)12-8-9-13(16)14(10-12)17(19)20/h8-11H,3-7,16H2,1-2H3. The molecule has 1 aromatic carbocycles. The van der Waals surface area contributed by atoms with Gasteiger partial charge in [-0.1, -0.05) is 26.2 Å². The molecule has 0 saturated heterocycles. The molecule has 1 rings (SSSR count). The molecule has 0 amide bonds. The molecule has 0 spiro atoms. The Bertz CT molecular complexity index is 502. The van der Waals surface area contributed by atoms with E-state index in [1.54, 1.807) is 0 Å². The molecule has 116 valence electrons. The Hall–Kier alpha value is -2.11. The summed E-state index contributed by atoms with van der Waals surface area (Å²) in [7, 11) is 0. The van der Waals surface area contributed by atoms with Crippen LogP contribution in [0.2, 0.25) is 0 Å². The predicted molar refractivity (Wildman–Crippen MR) is 81.1 cm³/mol. The lowest BCUT2D eigenvalue weighted by atomic mass is 10.1. The molecule has 1 atom stereocenters. The van der Waals surface area contributed by atoms with Crippen LogP contribution in [0.5, 0.6) is 0 Å². The van der Waals surface area contributed by atoms with E-state index in [1.165, 1.54) is 18.6 Å². The van der Waals surface area contributed by atoms with E-state index in [1.807, 2.05) is 6.92 Å². The Kier molecular flexibility index (Phi) is 6.65. The SMILES string of the molecule is CCCCCCC(C)OC(=O)c1ccc(N)c([N+](=O)[O-])c1. The smallest absolute Gasteiger partial charge is 0.338 e. The van der Waals surface area contributed by atoms with Gasteiger partial charge in [-0.3, -0.25) is 10.1 Å². The Morgan fingerprint density at radius 1 is 1.38 bits per heavy atom. The van der Waals surface area contributed by atoms with E-state index >= 15 is 0 Å². The monoisotopic (exact) mass is 294 g/mol. The number of unbranched alkanes of at least 4 members (excludes halogenated alkanes) is 3. The Labute approximate surface area is 124 Å². The maximum Gasteiger partial charge on any atom is 0.338 e. The Balaban J connectivity index is 2.59. The molecule has 0 aliphatic heterocycles. The zero-order valence-electron chi connectivity index (χ0n) is 12.5. The quantitative estimate of drug-likeness (QED) is 0.259. The van der Waals surface area contributed by atoms with Crippen molar-refractivity contribution in [1.82, 2.24) is 0 Å². The maximum absolute atomic E-state index is 11.9. The Morgan fingerprint density at radius 3 is 2.71 bits per heavy atom. The minimum Gasteiger partial charge on any atom is -0.459 e. The van der Waals surface area contributed by atoms with Crippen molar-refractivity contribution in [3.63, 3.8) is 0 Å². The molecule has 6 nitrogen and oxygen atoms in total. The molecule has 0 aromatic heterocycles. The van der Waals surface area contributed by atoms with Crippen molar-refractivity contribution >= 4 is 17.3 Å². The molecule has 0 bridgehead atoms. The number of nitro benzene ring substituents is 1. The molecule has 1 unspecified atom stereocenters. The number of hydrogen-bond donors (Lipinski definition) is 1. The van der Waals surface area contributed by atoms with E-state index in [9.17, 15) is 14.9 Å². The van der Waals surface area contributed by atoms with Crippen LogP contribution in [0.3, 0.4) is 0 Å². The van der Waals surface area contributed by atoms with Crippen molar-refractivity contribution in [3.05, 3.63) is 33.9 Å². The van der Waals surface area contributed by atoms with Gasteiger partial charge < -0.3 is 10.5 Å². The van der Waals surface area contributed by atoms with E-state index < -0.39 is 10.9 Å². The molecule has 0 heterocycles. The van der Waals surface area contributed by atoms with Gasteiger partial charge in [-0.05, 0) is 31.9 Å². The lowest BCUT2D eigenvalue weighted by Gasteiger charge is -2.13. The van der Waals surface area contributed by atoms with Gasteiger partial charge in [0.05, 0.1) is 16.6 Å². The zero-order valence-corrected chi connectivity index (χ0v) is 12.5. The number of nitrogens with zero attached hydrogens (tertiary/aromatic N) is 1. The Morgan fingerprint density at radius 2 is 2.10 bits per heavy atom. The average Bonchev–Trinajstić information content (AvgIpc) is 2.43. The van der Waals surface area contributed by atoms with Gasteiger partial charge in [0.1, 0.15) is 5.69 Å². The molecular formula is C15H22N2O4. The number of benzene rings is 1. The summed E-state index contributed by atoms with van der Waals surface area (Å²) in [5.41, 5.74) is 5.40. The van der Waals surface area contributed by atoms with Crippen molar-refractivity contribution in [2.75, 3.05) is 5.73 Å². The van der Waals surface area contributed by atoms with Crippen LogP contribution in [0, 0.1) is 10.1 Å². The van der Waals surface area contributed by atoms with Gasteiger partial charge in [0, 0.05) is 6.07 Å². The molecule has 0 aliphatic carbocycles. The second-order valence-electron chi connectivity index (χ2n) is 5.10. The summed E-state index contributed by atoms with van der Waals surface area (Å²) in [4.78, 5) is 22.1. The van der Waals surface area contributed by atoms with Crippen molar-refractivity contribution in [2.24, 2.45) is 0 Å². The van der Waals surface area contributed by atoms with Gasteiger partial charge in [0.2, 0.25) is 0 Å². The molecular weight excluding hydrogens is 272 g/mol. The zero-order chi connectivity index (χ0) is 15.8. The number of hydrogen-bond acceptors (Lipinski definition) is 5. The van der Waals surface area contributed by atoms with Crippen LogP contribution in [0.25, 0.3) is 0 Å². The highest BCUT2D eigenvalue weighted by Crippen LogP contribution is 2.23. The van der Waals surface area contributed by atoms with Crippen LogP contribution < -0.4 is 5.73 Å². The normalized spacial score (nSPS) is 11.9. The molecule has 0 fully saturated rings. The second kappa shape index (κ2) is 8.24. The molecule has 0 saturated carbocycles.